The van der Waals surface area contributed by atoms with Gasteiger partial charge in [0.05, 0.1) is 6.54 Å². The summed E-state index contributed by atoms with van der Waals surface area (Å²) in [5.74, 6) is 1.18. The Morgan fingerprint density at radius 2 is 2.25 bits per heavy atom. The summed E-state index contributed by atoms with van der Waals surface area (Å²) in [4.78, 5) is 14.0. The lowest BCUT2D eigenvalue weighted by Gasteiger charge is -2.21. The Kier molecular flexibility index (Phi) is 3.77. The maximum Gasteiger partial charge on any atom is 0.226 e. The van der Waals surface area contributed by atoms with Crippen LogP contribution in [0.2, 0.25) is 0 Å². The minimum Gasteiger partial charge on any atom is -0.488 e. The van der Waals surface area contributed by atoms with Gasteiger partial charge in [-0.05, 0) is 30.9 Å². The molecule has 1 aliphatic carbocycles. The van der Waals surface area contributed by atoms with Crippen LogP contribution in [0.1, 0.15) is 31.2 Å². The molecule has 3 heteroatoms. The number of allylic oxidation sites excluding steroid dienone is 1. The molecule has 0 saturated carbocycles. The molecule has 1 aromatic rings. The van der Waals surface area contributed by atoms with Crippen LogP contribution in [0, 0.1) is 0 Å². The molecular weight excluding hydrogens is 250 g/mol. The zero-order valence-electron chi connectivity index (χ0n) is 12.0. The topological polar surface area (TPSA) is 29.5 Å². The normalized spacial score (nSPS) is 20.2. The number of carbonyl (C=O) groups excluding carboxylic acids is 1. The van der Waals surface area contributed by atoms with Gasteiger partial charge in [0.2, 0.25) is 5.91 Å². The van der Waals surface area contributed by atoms with Crippen LogP contribution in [0.25, 0.3) is 0 Å². The monoisotopic (exact) mass is 271 g/mol. The van der Waals surface area contributed by atoms with Crippen molar-refractivity contribution in [3.8, 4) is 5.75 Å². The van der Waals surface area contributed by atoms with Crippen molar-refractivity contribution < 1.29 is 9.53 Å². The van der Waals surface area contributed by atoms with Gasteiger partial charge in [-0.1, -0.05) is 29.8 Å². The fraction of sp³-hybridized carbons (Fsp3) is 0.471. The van der Waals surface area contributed by atoms with Gasteiger partial charge in [0, 0.05) is 19.9 Å². The van der Waals surface area contributed by atoms with E-state index < -0.39 is 0 Å². The van der Waals surface area contributed by atoms with E-state index in [1.165, 1.54) is 17.6 Å². The van der Waals surface area contributed by atoms with E-state index in [0.29, 0.717) is 13.0 Å². The second kappa shape index (κ2) is 5.70. The van der Waals surface area contributed by atoms with Gasteiger partial charge < -0.3 is 9.64 Å². The molecule has 1 heterocycles. The predicted molar refractivity (Wildman–Crippen MR) is 78.8 cm³/mol. The maximum atomic E-state index is 12.2. The Hall–Kier alpha value is -1.77. The van der Waals surface area contributed by atoms with Crippen LogP contribution in [0.15, 0.2) is 35.9 Å². The predicted octanol–water partition coefficient (Wildman–Crippen LogP) is 2.95. The second-order valence-corrected chi connectivity index (χ2v) is 5.76. The van der Waals surface area contributed by atoms with Crippen LogP contribution >= 0.6 is 0 Å². The number of rotatable bonds is 4. The Bertz CT molecular complexity index is 511. The first-order valence-electron chi connectivity index (χ1n) is 7.39. The lowest BCUT2D eigenvalue weighted by Crippen LogP contribution is -2.36. The van der Waals surface area contributed by atoms with Gasteiger partial charge >= 0.3 is 0 Å². The summed E-state index contributed by atoms with van der Waals surface area (Å²) in [7, 11) is 1.88. The Morgan fingerprint density at radius 1 is 1.40 bits per heavy atom. The third kappa shape index (κ3) is 2.87. The molecule has 2 aliphatic rings. The maximum absolute atomic E-state index is 12.2. The molecule has 0 aromatic heterocycles. The summed E-state index contributed by atoms with van der Waals surface area (Å²) in [6.45, 7) is 0.667. The summed E-state index contributed by atoms with van der Waals surface area (Å²) >= 11 is 0. The molecule has 0 saturated heterocycles. The van der Waals surface area contributed by atoms with Gasteiger partial charge in [0.15, 0.2) is 0 Å². The van der Waals surface area contributed by atoms with E-state index in [4.69, 9.17) is 4.74 Å². The van der Waals surface area contributed by atoms with Gasteiger partial charge in [-0.3, -0.25) is 4.79 Å². The molecule has 1 amide bonds. The largest absolute Gasteiger partial charge is 0.488 e. The molecule has 1 aliphatic heterocycles. The van der Waals surface area contributed by atoms with Gasteiger partial charge in [-0.2, -0.15) is 0 Å². The van der Waals surface area contributed by atoms with E-state index in [-0.39, 0.29) is 12.0 Å². The third-order valence-corrected chi connectivity index (χ3v) is 4.13. The molecular formula is C17H21NO2. The summed E-state index contributed by atoms with van der Waals surface area (Å²) in [6, 6.07) is 8.12. The fourth-order valence-corrected chi connectivity index (χ4v) is 2.99. The third-order valence-electron chi connectivity index (χ3n) is 4.13. The van der Waals surface area contributed by atoms with E-state index in [1.54, 1.807) is 0 Å². The number of nitrogens with zero attached hydrogens (tertiary/aromatic N) is 1. The number of ether oxygens (including phenoxy) is 1. The number of benzene rings is 1. The van der Waals surface area contributed by atoms with Crippen LogP contribution < -0.4 is 4.74 Å². The highest BCUT2D eigenvalue weighted by Gasteiger charge is 2.25. The number of para-hydroxylation sites is 1. The standard InChI is InChI=1S/C17H21NO2/c1-18(17(19)10-13-6-2-3-7-13)12-15-11-14-8-4-5-9-16(14)20-15/h4-6,8-9,15H,2-3,7,10-12H2,1H3/t15-/m0/s1. The van der Waals surface area contributed by atoms with E-state index in [1.807, 2.05) is 30.1 Å². The average molecular weight is 271 g/mol. The zero-order chi connectivity index (χ0) is 13.9. The molecule has 0 N–H and O–H groups in total. The number of amides is 1. The number of likely N-dealkylation sites (N-methyl/N-ethyl adjacent to an activating group) is 1. The van der Waals surface area contributed by atoms with Crippen LogP contribution in [-0.4, -0.2) is 30.5 Å². The summed E-state index contributed by atoms with van der Waals surface area (Å²) < 4.78 is 5.89. The average Bonchev–Trinajstić information content (AvgIpc) is 3.06. The van der Waals surface area contributed by atoms with Crippen molar-refractivity contribution in [1.82, 2.24) is 4.90 Å². The highest BCUT2D eigenvalue weighted by molar-refractivity contribution is 5.78. The van der Waals surface area contributed by atoms with Gasteiger partial charge in [0.1, 0.15) is 11.9 Å². The zero-order valence-corrected chi connectivity index (χ0v) is 12.0. The van der Waals surface area contributed by atoms with Crippen molar-refractivity contribution in [1.29, 1.82) is 0 Å². The highest BCUT2D eigenvalue weighted by Crippen LogP contribution is 2.28. The number of hydrogen-bond acceptors (Lipinski definition) is 2. The van der Waals surface area contributed by atoms with Crippen molar-refractivity contribution >= 4 is 5.91 Å². The van der Waals surface area contributed by atoms with E-state index in [9.17, 15) is 4.79 Å². The lowest BCUT2D eigenvalue weighted by molar-refractivity contribution is -0.130. The Morgan fingerprint density at radius 3 is 3.00 bits per heavy atom. The van der Waals surface area contributed by atoms with E-state index in [0.717, 1.165) is 25.0 Å². The summed E-state index contributed by atoms with van der Waals surface area (Å²) in [5, 5.41) is 0. The molecule has 1 aromatic carbocycles. The fourth-order valence-electron chi connectivity index (χ4n) is 2.99. The number of carbonyl (C=O) groups is 1. The van der Waals surface area contributed by atoms with Gasteiger partial charge in [-0.15, -0.1) is 0 Å². The van der Waals surface area contributed by atoms with Crippen molar-refractivity contribution in [2.45, 2.75) is 38.2 Å². The van der Waals surface area contributed by atoms with Gasteiger partial charge in [0.25, 0.3) is 0 Å². The van der Waals surface area contributed by atoms with E-state index >= 15 is 0 Å². The molecule has 1 atom stereocenters. The summed E-state index contributed by atoms with van der Waals surface area (Å²) in [6.07, 6.45) is 7.21. The number of hydrogen-bond donors (Lipinski definition) is 0. The van der Waals surface area contributed by atoms with Crippen molar-refractivity contribution in [3.63, 3.8) is 0 Å². The SMILES string of the molecule is CN(C[C@@H]1Cc2ccccc2O1)C(=O)CC1=CCCC1. The molecule has 0 spiro atoms. The van der Waals surface area contributed by atoms with Crippen molar-refractivity contribution in [2.75, 3.05) is 13.6 Å². The smallest absolute Gasteiger partial charge is 0.226 e. The van der Waals surface area contributed by atoms with Crippen molar-refractivity contribution in [3.05, 3.63) is 41.5 Å². The lowest BCUT2D eigenvalue weighted by atomic mass is 10.1. The Labute approximate surface area is 120 Å². The Balaban J connectivity index is 1.52. The first kappa shape index (κ1) is 13.2. The highest BCUT2D eigenvalue weighted by atomic mass is 16.5. The van der Waals surface area contributed by atoms with Crippen LogP contribution in [-0.2, 0) is 11.2 Å². The molecule has 20 heavy (non-hydrogen) atoms. The molecule has 3 rings (SSSR count). The molecule has 0 fully saturated rings. The van der Waals surface area contributed by atoms with Crippen LogP contribution in [0.5, 0.6) is 5.75 Å². The second-order valence-electron chi connectivity index (χ2n) is 5.76. The quantitative estimate of drug-likeness (QED) is 0.788. The van der Waals surface area contributed by atoms with E-state index in [2.05, 4.69) is 12.1 Å². The molecule has 106 valence electrons. The van der Waals surface area contributed by atoms with Gasteiger partial charge in [-0.25, -0.2) is 0 Å². The van der Waals surface area contributed by atoms with Crippen molar-refractivity contribution in [2.24, 2.45) is 0 Å². The molecule has 0 unspecified atom stereocenters. The molecule has 3 nitrogen and oxygen atoms in total. The first-order chi connectivity index (χ1) is 9.72. The first-order valence-corrected chi connectivity index (χ1v) is 7.39. The molecule has 0 bridgehead atoms. The van der Waals surface area contributed by atoms with Crippen LogP contribution in [0.4, 0.5) is 0 Å². The number of fused-ring (bicyclic) bond motifs is 1. The summed E-state index contributed by atoms with van der Waals surface area (Å²) in [5.41, 5.74) is 2.55. The van der Waals surface area contributed by atoms with Crippen LogP contribution in [0.3, 0.4) is 0 Å². The minimum absolute atomic E-state index is 0.0962. The minimum atomic E-state index is 0.0962. The molecule has 0 radical (unpaired) electrons.